The largest absolute Gasteiger partial charge is 0.481 e. The fraction of sp³-hybridized carbons (Fsp3) is 0.333. The van der Waals surface area contributed by atoms with Crippen molar-refractivity contribution < 1.29 is 22.7 Å². The van der Waals surface area contributed by atoms with Gasteiger partial charge in [0, 0.05) is 0 Å². The van der Waals surface area contributed by atoms with E-state index in [1.54, 1.807) is 6.07 Å². The second kappa shape index (κ2) is 5.80. The Morgan fingerprint density at radius 3 is 2.68 bits per heavy atom. The Morgan fingerprint density at radius 1 is 1.53 bits per heavy atom. The van der Waals surface area contributed by atoms with Crippen molar-refractivity contribution in [3.05, 3.63) is 35.1 Å². The summed E-state index contributed by atoms with van der Waals surface area (Å²) in [5.74, 6) is -2.34. The average Bonchev–Trinajstić information content (AvgIpc) is 2.30. The summed E-state index contributed by atoms with van der Waals surface area (Å²) in [7, 11) is -3.66. The zero-order chi connectivity index (χ0) is 14.6. The fourth-order valence-electron chi connectivity index (χ4n) is 1.50. The van der Waals surface area contributed by atoms with Crippen LogP contribution in [0.2, 0.25) is 0 Å². The first kappa shape index (κ1) is 15.1. The van der Waals surface area contributed by atoms with E-state index in [2.05, 4.69) is 0 Å². The van der Waals surface area contributed by atoms with Crippen LogP contribution < -0.4 is 0 Å². The van der Waals surface area contributed by atoms with Crippen LogP contribution in [0.3, 0.4) is 0 Å². The standard InChI is InChI=1S/C12H12FNO4S/c1-8(4-12(15)16)19(17,18)7-9-2-3-11(13)10(5-9)6-14/h2-3,5,8H,4,7H2,1H3,(H,15,16). The number of carbonyl (C=O) groups is 1. The zero-order valence-corrected chi connectivity index (χ0v) is 10.9. The number of aliphatic carboxylic acids is 1. The molecular weight excluding hydrogens is 273 g/mol. The van der Waals surface area contributed by atoms with Crippen molar-refractivity contribution in [3.63, 3.8) is 0 Å². The van der Waals surface area contributed by atoms with Crippen molar-refractivity contribution in [1.29, 1.82) is 5.26 Å². The summed E-state index contributed by atoms with van der Waals surface area (Å²) < 4.78 is 36.8. The molecule has 102 valence electrons. The maximum atomic E-state index is 13.1. The van der Waals surface area contributed by atoms with Crippen molar-refractivity contribution in [1.82, 2.24) is 0 Å². The Kier molecular flexibility index (Phi) is 4.62. The zero-order valence-electron chi connectivity index (χ0n) is 10.1. The number of nitriles is 1. The highest BCUT2D eigenvalue weighted by Crippen LogP contribution is 2.16. The molecule has 0 aliphatic carbocycles. The molecule has 0 spiro atoms. The first-order chi connectivity index (χ1) is 8.76. The summed E-state index contributed by atoms with van der Waals surface area (Å²) in [5.41, 5.74) is 0.0220. The Morgan fingerprint density at radius 2 is 2.16 bits per heavy atom. The first-order valence-corrected chi connectivity index (χ1v) is 7.09. The lowest BCUT2D eigenvalue weighted by Crippen LogP contribution is -2.22. The predicted molar refractivity (Wildman–Crippen MR) is 65.5 cm³/mol. The molecule has 1 atom stereocenters. The smallest absolute Gasteiger partial charge is 0.304 e. The van der Waals surface area contributed by atoms with Crippen LogP contribution in [0.15, 0.2) is 18.2 Å². The van der Waals surface area contributed by atoms with Gasteiger partial charge in [0.15, 0.2) is 9.84 Å². The second-order valence-corrected chi connectivity index (χ2v) is 6.56. The minimum atomic E-state index is -3.66. The molecule has 7 heteroatoms. The highest BCUT2D eigenvalue weighted by atomic mass is 32.2. The van der Waals surface area contributed by atoms with Gasteiger partial charge >= 0.3 is 5.97 Å². The van der Waals surface area contributed by atoms with Gasteiger partial charge in [-0.2, -0.15) is 5.26 Å². The van der Waals surface area contributed by atoms with Gasteiger partial charge in [0.05, 0.1) is 23.0 Å². The summed E-state index contributed by atoms with van der Waals surface area (Å²) in [6, 6.07) is 5.06. The Bertz CT molecular complexity index is 634. The van der Waals surface area contributed by atoms with Crippen molar-refractivity contribution in [2.75, 3.05) is 0 Å². The van der Waals surface area contributed by atoms with Gasteiger partial charge < -0.3 is 5.11 Å². The molecule has 0 aliphatic heterocycles. The summed E-state index contributed by atoms with van der Waals surface area (Å²) >= 11 is 0. The average molecular weight is 285 g/mol. The van der Waals surface area contributed by atoms with Crippen LogP contribution in [0.25, 0.3) is 0 Å². The molecule has 0 aromatic heterocycles. The van der Waals surface area contributed by atoms with Crippen LogP contribution in [0, 0.1) is 17.1 Å². The molecule has 1 unspecified atom stereocenters. The molecule has 19 heavy (non-hydrogen) atoms. The third-order valence-corrected chi connectivity index (χ3v) is 4.72. The van der Waals surface area contributed by atoms with Crippen LogP contribution in [0.1, 0.15) is 24.5 Å². The summed E-state index contributed by atoms with van der Waals surface area (Å²) in [6.45, 7) is 1.30. The molecule has 5 nitrogen and oxygen atoms in total. The molecule has 0 heterocycles. The van der Waals surface area contributed by atoms with E-state index in [0.29, 0.717) is 0 Å². The number of benzene rings is 1. The van der Waals surface area contributed by atoms with Gasteiger partial charge in [-0.05, 0) is 24.6 Å². The monoisotopic (exact) mass is 285 g/mol. The summed E-state index contributed by atoms with van der Waals surface area (Å²) in [5, 5.41) is 16.2. The van der Waals surface area contributed by atoms with E-state index < -0.39 is 39.0 Å². The first-order valence-electron chi connectivity index (χ1n) is 5.38. The number of carboxylic acid groups (broad SMARTS) is 1. The maximum Gasteiger partial charge on any atom is 0.304 e. The minimum Gasteiger partial charge on any atom is -0.481 e. The molecule has 1 aromatic rings. The number of halogens is 1. The van der Waals surface area contributed by atoms with Crippen molar-refractivity contribution >= 4 is 15.8 Å². The molecule has 0 bridgehead atoms. The van der Waals surface area contributed by atoms with Crippen molar-refractivity contribution in [2.45, 2.75) is 24.3 Å². The minimum absolute atomic E-state index is 0.237. The van der Waals surface area contributed by atoms with Gasteiger partial charge in [-0.25, -0.2) is 12.8 Å². The molecular formula is C12H12FNO4S. The van der Waals surface area contributed by atoms with Crippen molar-refractivity contribution in [3.8, 4) is 6.07 Å². The highest BCUT2D eigenvalue weighted by molar-refractivity contribution is 7.91. The molecule has 0 saturated heterocycles. The number of hydrogen-bond donors (Lipinski definition) is 1. The van der Waals surface area contributed by atoms with Crippen LogP contribution in [-0.4, -0.2) is 24.7 Å². The lowest BCUT2D eigenvalue weighted by Gasteiger charge is -2.11. The van der Waals surface area contributed by atoms with E-state index >= 15 is 0 Å². The normalized spacial score (nSPS) is 12.7. The molecule has 0 amide bonds. The molecule has 0 radical (unpaired) electrons. The van der Waals surface area contributed by atoms with Gasteiger partial charge in [-0.3, -0.25) is 4.79 Å². The van der Waals surface area contributed by atoms with Gasteiger partial charge in [0.2, 0.25) is 0 Å². The van der Waals surface area contributed by atoms with Gasteiger partial charge in [-0.1, -0.05) is 6.07 Å². The fourth-order valence-corrected chi connectivity index (χ4v) is 2.82. The number of nitrogens with zero attached hydrogens (tertiary/aromatic N) is 1. The SMILES string of the molecule is CC(CC(=O)O)S(=O)(=O)Cc1ccc(F)c(C#N)c1. The van der Waals surface area contributed by atoms with Gasteiger partial charge in [-0.15, -0.1) is 0 Å². The van der Waals surface area contributed by atoms with Gasteiger partial charge in [0.25, 0.3) is 0 Å². The molecule has 1 N–H and O–H groups in total. The van der Waals surface area contributed by atoms with E-state index in [4.69, 9.17) is 10.4 Å². The second-order valence-electron chi connectivity index (χ2n) is 4.14. The van der Waals surface area contributed by atoms with Crippen LogP contribution in [0.5, 0.6) is 0 Å². The van der Waals surface area contributed by atoms with Crippen LogP contribution in [0.4, 0.5) is 4.39 Å². The quantitative estimate of drug-likeness (QED) is 0.884. The third kappa shape index (κ3) is 4.03. The lowest BCUT2D eigenvalue weighted by atomic mass is 10.1. The Labute approximate surface area is 110 Å². The third-order valence-electron chi connectivity index (χ3n) is 2.59. The molecule has 0 fully saturated rings. The van der Waals surface area contributed by atoms with E-state index in [9.17, 15) is 17.6 Å². The van der Waals surface area contributed by atoms with E-state index in [0.717, 1.165) is 12.1 Å². The number of sulfone groups is 1. The Balaban J connectivity index is 2.96. The topological polar surface area (TPSA) is 95.2 Å². The van der Waals surface area contributed by atoms with Crippen LogP contribution >= 0.6 is 0 Å². The molecule has 0 saturated carbocycles. The molecule has 0 aliphatic rings. The number of rotatable bonds is 5. The maximum absolute atomic E-state index is 13.1. The summed E-state index contributed by atoms with van der Waals surface area (Å²) in [4.78, 5) is 10.5. The Hall–Kier alpha value is -1.94. The van der Waals surface area contributed by atoms with E-state index in [1.165, 1.54) is 13.0 Å². The predicted octanol–water partition coefficient (Wildman–Crippen LogP) is 1.48. The van der Waals surface area contributed by atoms with Crippen LogP contribution in [-0.2, 0) is 20.4 Å². The number of carboxylic acids is 1. The number of hydrogen-bond acceptors (Lipinski definition) is 4. The lowest BCUT2D eigenvalue weighted by molar-refractivity contribution is -0.136. The molecule has 1 aromatic carbocycles. The highest BCUT2D eigenvalue weighted by Gasteiger charge is 2.24. The van der Waals surface area contributed by atoms with Crippen molar-refractivity contribution in [2.24, 2.45) is 0 Å². The van der Waals surface area contributed by atoms with E-state index in [-0.39, 0.29) is 11.1 Å². The van der Waals surface area contributed by atoms with E-state index in [1.807, 2.05) is 0 Å². The summed E-state index contributed by atoms with van der Waals surface area (Å²) in [6.07, 6.45) is -0.491. The van der Waals surface area contributed by atoms with Gasteiger partial charge in [0.1, 0.15) is 11.9 Å². The molecule has 1 rings (SSSR count).